The van der Waals surface area contributed by atoms with Crippen molar-refractivity contribution in [2.45, 2.75) is 64.1 Å². The lowest BCUT2D eigenvalue weighted by molar-refractivity contribution is 0.439. The topological polar surface area (TPSA) is 52.2 Å². The van der Waals surface area contributed by atoms with Gasteiger partial charge in [-0.15, -0.1) is 5.10 Å². The average Bonchev–Trinajstić information content (AvgIpc) is 3.00. The number of nitrogens with zero attached hydrogens (tertiary/aromatic N) is 4. The molecular formula is C21H26N4OS. The van der Waals surface area contributed by atoms with E-state index in [1.807, 2.05) is 10.7 Å². The predicted octanol–water partition coefficient (Wildman–Crippen LogP) is 4.30. The molecule has 0 fully saturated rings. The van der Waals surface area contributed by atoms with Gasteiger partial charge in [0.25, 0.3) is 5.56 Å². The van der Waals surface area contributed by atoms with Gasteiger partial charge >= 0.3 is 0 Å². The minimum Gasteiger partial charge on any atom is -0.268 e. The first-order chi connectivity index (χ1) is 13.0. The molecule has 0 saturated carbocycles. The summed E-state index contributed by atoms with van der Waals surface area (Å²) >= 11 is 1.60. The van der Waals surface area contributed by atoms with Gasteiger partial charge in [-0.25, -0.2) is 14.1 Å². The molecule has 1 atom stereocenters. The van der Waals surface area contributed by atoms with Gasteiger partial charge < -0.3 is 0 Å². The zero-order valence-corrected chi connectivity index (χ0v) is 17.3. The largest absolute Gasteiger partial charge is 0.268 e. The van der Waals surface area contributed by atoms with E-state index >= 15 is 0 Å². The van der Waals surface area contributed by atoms with E-state index in [0.29, 0.717) is 5.78 Å². The van der Waals surface area contributed by atoms with Gasteiger partial charge in [0, 0.05) is 17.5 Å². The number of aryl methyl sites for hydroxylation is 1. The second-order valence-electron chi connectivity index (χ2n) is 7.46. The third-order valence-corrected chi connectivity index (χ3v) is 6.45. The van der Waals surface area contributed by atoms with E-state index in [0.717, 1.165) is 53.5 Å². The average molecular weight is 383 g/mol. The summed E-state index contributed by atoms with van der Waals surface area (Å²) in [5.41, 5.74) is 3.89. The highest BCUT2D eigenvalue weighted by Crippen LogP contribution is 2.42. The summed E-state index contributed by atoms with van der Waals surface area (Å²) < 4.78 is 3.63. The lowest BCUT2D eigenvalue weighted by atomic mass is 9.69. The number of fused-ring (bicyclic) bond motifs is 4. The van der Waals surface area contributed by atoms with Crippen LogP contribution >= 0.6 is 11.8 Å². The Morgan fingerprint density at radius 1 is 1.22 bits per heavy atom. The summed E-state index contributed by atoms with van der Waals surface area (Å²) in [5.74, 6) is 1.53. The van der Waals surface area contributed by atoms with Gasteiger partial charge in [0.15, 0.2) is 5.16 Å². The molecule has 0 bridgehead atoms. The molecular weight excluding hydrogens is 356 g/mol. The second-order valence-corrected chi connectivity index (χ2v) is 8.69. The number of thioether (sulfide) groups is 1. The van der Waals surface area contributed by atoms with Crippen molar-refractivity contribution < 1.29 is 0 Å². The van der Waals surface area contributed by atoms with E-state index in [9.17, 15) is 4.79 Å². The number of rotatable bonds is 5. The number of benzene rings is 1. The third kappa shape index (κ3) is 2.73. The van der Waals surface area contributed by atoms with Gasteiger partial charge in [0.2, 0.25) is 5.78 Å². The van der Waals surface area contributed by atoms with E-state index in [1.54, 1.807) is 16.2 Å². The standard InChI is InChI=1S/C21H26N4OS/c1-5-12-24-19-22-17-15-11-9-8-10-14(15)13-21(4,6-2)16(17)18(26)25(19)20(23-24)27-7-3/h8-11H,5-7,12-13H2,1-4H3/t21-/m1/s1. The van der Waals surface area contributed by atoms with Crippen LogP contribution < -0.4 is 5.56 Å². The minimum atomic E-state index is -0.212. The molecule has 1 aliphatic carbocycles. The summed E-state index contributed by atoms with van der Waals surface area (Å²) in [5, 5.41) is 5.46. The maximum atomic E-state index is 13.7. The fourth-order valence-corrected chi connectivity index (χ4v) is 4.80. The van der Waals surface area contributed by atoms with Crippen LogP contribution in [-0.4, -0.2) is 24.9 Å². The molecule has 0 radical (unpaired) electrons. The molecule has 1 aliphatic rings. The lowest BCUT2D eigenvalue weighted by Crippen LogP contribution is -2.37. The van der Waals surface area contributed by atoms with Crippen LogP contribution in [-0.2, 0) is 18.4 Å². The fourth-order valence-electron chi connectivity index (χ4n) is 4.09. The van der Waals surface area contributed by atoms with Gasteiger partial charge in [0.1, 0.15) is 0 Å². The Labute approximate surface area is 163 Å². The number of hydrogen-bond acceptors (Lipinski definition) is 4. The van der Waals surface area contributed by atoms with Crippen molar-refractivity contribution in [3.63, 3.8) is 0 Å². The van der Waals surface area contributed by atoms with E-state index in [4.69, 9.17) is 10.1 Å². The normalized spacial score (nSPS) is 18.5. The zero-order valence-electron chi connectivity index (χ0n) is 16.5. The van der Waals surface area contributed by atoms with Crippen LogP contribution in [0.25, 0.3) is 17.0 Å². The molecule has 0 saturated heterocycles. The molecule has 142 valence electrons. The molecule has 0 unspecified atom stereocenters. The zero-order chi connectivity index (χ0) is 19.2. The Morgan fingerprint density at radius 2 is 2.00 bits per heavy atom. The van der Waals surface area contributed by atoms with Crippen molar-refractivity contribution in [1.29, 1.82) is 0 Å². The second kappa shape index (κ2) is 6.82. The minimum absolute atomic E-state index is 0.0483. The Balaban J connectivity index is 2.12. The monoisotopic (exact) mass is 382 g/mol. The molecule has 2 heterocycles. The Hall–Kier alpha value is -2.08. The molecule has 27 heavy (non-hydrogen) atoms. The van der Waals surface area contributed by atoms with Crippen LogP contribution in [0, 0.1) is 0 Å². The molecule has 0 aliphatic heterocycles. The van der Waals surface area contributed by atoms with Crippen molar-refractivity contribution in [1.82, 2.24) is 19.2 Å². The Kier molecular flexibility index (Phi) is 4.62. The van der Waals surface area contributed by atoms with Crippen LogP contribution in [0.15, 0.2) is 34.2 Å². The fraction of sp³-hybridized carbons (Fsp3) is 0.476. The summed E-state index contributed by atoms with van der Waals surface area (Å²) in [7, 11) is 0. The van der Waals surface area contributed by atoms with Crippen molar-refractivity contribution in [3.05, 3.63) is 45.7 Å². The first-order valence-corrected chi connectivity index (χ1v) is 10.8. The highest BCUT2D eigenvalue weighted by atomic mass is 32.2. The van der Waals surface area contributed by atoms with Gasteiger partial charge in [-0.3, -0.25) is 4.79 Å². The third-order valence-electron chi connectivity index (χ3n) is 5.64. The van der Waals surface area contributed by atoms with Gasteiger partial charge in [-0.1, -0.05) is 63.7 Å². The quantitative estimate of drug-likeness (QED) is 0.617. The van der Waals surface area contributed by atoms with Crippen LogP contribution in [0.3, 0.4) is 0 Å². The molecule has 4 rings (SSSR count). The maximum Gasteiger partial charge on any atom is 0.265 e. The highest BCUT2D eigenvalue weighted by Gasteiger charge is 2.38. The first-order valence-electron chi connectivity index (χ1n) is 9.79. The van der Waals surface area contributed by atoms with E-state index in [-0.39, 0.29) is 11.0 Å². The highest BCUT2D eigenvalue weighted by molar-refractivity contribution is 7.99. The number of hydrogen-bond donors (Lipinski definition) is 0. The Bertz CT molecular complexity index is 1070. The van der Waals surface area contributed by atoms with Crippen LogP contribution in [0.2, 0.25) is 0 Å². The Morgan fingerprint density at radius 3 is 2.70 bits per heavy atom. The lowest BCUT2D eigenvalue weighted by Gasteiger charge is -2.35. The van der Waals surface area contributed by atoms with Crippen molar-refractivity contribution in [2.75, 3.05) is 5.75 Å². The van der Waals surface area contributed by atoms with Crippen LogP contribution in [0.5, 0.6) is 0 Å². The smallest absolute Gasteiger partial charge is 0.265 e. The van der Waals surface area contributed by atoms with E-state index < -0.39 is 0 Å². The van der Waals surface area contributed by atoms with Crippen LogP contribution in [0.4, 0.5) is 0 Å². The van der Waals surface area contributed by atoms with E-state index in [2.05, 4.69) is 45.9 Å². The molecule has 0 N–H and O–H groups in total. The van der Waals surface area contributed by atoms with E-state index in [1.165, 1.54) is 5.56 Å². The molecule has 6 heteroatoms. The maximum absolute atomic E-state index is 13.7. The van der Waals surface area contributed by atoms with Gasteiger partial charge in [0.05, 0.1) is 11.3 Å². The van der Waals surface area contributed by atoms with Gasteiger partial charge in [-0.2, -0.15) is 0 Å². The van der Waals surface area contributed by atoms with Crippen molar-refractivity contribution in [2.24, 2.45) is 0 Å². The van der Waals surface area contributed by atoms with Gasteiger partial charge in [-0.05, 0) is 30.6 Å². The molecule has 5 nitrogen and oxygen atoms in total. The van der Waals surface area contributed by atoms with Crippen molar-refractivity contribution in [3.8, 4) is 11.3 Å². The molecule has 0 amide bonds. The van der Waals surface area contributed by atoms with Crippen LogP contribution in [0.1, 0.15) is 51.7 Å². The SMILES string of the molecule is CCCn1nc(SCC)n2c(=O)c3c(nc12)-c1ccccc1C[C@@]3(C)CC. The molecule has 0 spiro atoms. The number of aromatic nitrogens is 4. The molecule has 3 aromatic rings. The summed E-state index contributed by atoms with van der Waals surface area (Å²) in [6.45, 7) is 9.31. The predicted molar refractivity (Wildman–Crippen MR) is 111 cm³/mol. The summed E-state index contributed by atoms with van der Waals surface area (Å²) in [4.78, 5) is 18.8. The summed E-state index contributed by atoms with van der Waals surface area (Å²) in [6, 6.07) is 8.36. The molecule has 1 aromatic carbocycles. The first kappa shape index (κ1) is 18.3. The summed E-state index contributed by atoms with van der Waals surface area (Å²) in [6.07, 6.45) is 2.72. The van der Waals surface area contributed by atoms with Crippen molar-refractivity contribution >= 4 is 17.5 Å². The molecule has 2 aromatic heterocycles.